The van der Waals surface area contributed by atoms with Crippen LogP contribution in [0, 0.1) is 0 Å². The zero-order valence-corrected chi connectivity index (χ0v) is 20.0. The van der Waals surface area contributed by atoms with Gasteiger partial charge in [-0.25, -0.2) is 0 Å². The summed E-state index contributed by atoms with van der Waals surface area (Å²) in [6, 6.07) is 14.8. The molecule has 2 aromatic rings. The smallest absolute Gasteiger partial charge is 0.259 e. The predicted molar refractivity (Wildman–Crippen MR) is 127 cm³/mol. The van der Waals surface area contributed by atoms with E-state index in [0.29, 0.717) is 5.75 Å². The van der Waals surface area contributed by atoms with Gasteiger partial charge in [-0.2, -0.15) is 0 Å². The van der Waals surface area contributed by atoms with Crippen LogP contribution in [0.2, 0.25) is 0 Å². The Kier molecular flexibility index (Phi) is 9.30. The fraction of sp³-hybridized carbons (Fsp3) is 0.263. The number of anilines is 1. The average Bonchev–Trinajstić information content (AvgIpc) is 2.67. The second kappa shape index (κ2) is 11.2. The Morgan fingerprint density at radius 1 is 1.10 bits per heavy atom. The molecule has 0 aliphatic heterocycles. The van der Waals surface area contributed by atoms with Crippen LogP contribution in [0.15, 0.2) is 53.0 Å². The molecule has 2 aromatic carbocycles. The molecule has 156 valence electrons. The van der Waals surface area contributed by atoms with Gasteiger partial charge in [-0.3, -0.25) is 4.79 Å². The monoisotopic (exact) mass is 537 g/mol. The Labute approximate surface area is 198 Å². The lowest BCUT2D eigenvalue weighted by Crippen LogP contribution is -2.56. The molecule has 0 radical (unpaired) electrons. The molecule has 5 nitrogen and oxygen atoms in total. The van der Waals surface area contributed by atoms with Crippen molar-refractivity contribution in [3.8, 4) is 5.75 Å². The highest BCUT2D eigenvalue weighted by molar-refractivity contribution is 9.10. The average molecular weight is 540 g/mol. The van der Waals surface area contributed by atoms with Crippen molar-refractivity contribution in [2.45, 2.75) is 23.3 Å². The maximum atomic E-state index is 12.3. The van der Waals surface area contributed by atoms with Gasteiger partial charge >= 0.3 is 0 Å². The number of hydrogen-bond donors (Lipinski definition) is 3. The maximum Gasteiger partial charge on any atom is 0.259 e. The molecule has 0 aliphatic carbocycles. The molecule has 0 heterocycles. The third-order valence-corrected chi connectivity index (χ3v) is 5.11. The van der Waals surface area contributed by atoms with Gasteiger partial charge in [-0.15, -0.1) is 0 Å². The van der Waals surface area contributed by atoms with E-state index in [0.717, 1.165) is 16.6 Å². The van der Waals surface area contributed by atoms with Crippen LogP contribution in [-0.2, 0) is 11.2 Å². The lowest BCUT2D eigenvalue weighted by Gasteiger charge is -2.27. The van der Waals surface area contributed by atoms with Crippen LogP contribution < -0.4 is 20.7 Å². The molecule has 1 amide bonds. The van der Waals surface area contributed by atoms with Gasteiger partial charge in [-0.05, 0) is 60.6 Å². The van der Waals surface area contributed by atoms with Gasteiger partial charge in [0.05, 0.1) is 0 Å². The molecule has 0 aromatic heterocycles. The molecule has 10 heteroatoms. The minimum atomic E-state index is -1.84. The zero-order valence-electron chi connectivity index (χ0n) is 15.3. The van der Waals surface area contributed by atoms with Crippen LogP contribution in [-0.4, -0.2) is 27.6 Å². The Morgan fingerprint density at radius 2 is 1.72 bits per heavy atom. The first-order valence-electron chi connectivity index (χ1n) is 8.58. The van der Waals surface area contributed by atoms with E-state index in [1.165, 1.54) is 5.56 Å². The van der Waals surface area contributed by atoms with Gasteiger partial charge < -0.3 is 20.7 Å². The quantitative estimate of drug-likeness (QED) is 0.257. The molecule has 1 atom stereocenters. The van der Waals surface area contributed by atoms with E-state index in [2.05, 4.69) is 38.8 Å². The second-order valence-corrected chi connectivity index (χ2v) is 9.63. The fourth-order valence-corrected chi connectivity index (χ4v) is 3.03. The number of ether oxygens (including phenoxy) is 1. The lowest BCUT2D eigenvalue weighted by molar-refractivity contribution is -0.123. The van der Waals surface area contributed by atoms with E-state index < -0.39 is 15.9 Å². The molecule has 0 spiro atoms. The Balaban J connectivity index is 1.90. The molecule has 2 rings (SSSR count). The Morgan fingerprint density at radius 3 is 2.28 bits per heavy atom. The summed E-state index contributed by atoms with van der Waals surface area (Å²) in [5, 5.41) is 8.49. The molecule has 0 unspecified atom stereocenters. The van der Waals surface area contributed by atoms with E-state index in [9.17, 15) is 4.79 Å². The number of halogens is 4. The predicted octanol–water partition coefficient (Wildman–Crippen LogP) is 5.19. The summed E-state index contributed by atoms with van der Waals surface area (Å²) in [4.78, 5) is 12.3. The molecule has 29 heavy (non-hydrogen) atoms. The molecule has 0 fully saturated rings. The number of amides is 1. The first-order valence-corrected chi connectivity index (χ1v) is 10.9. The van der Waals surface area contributed by atoms with E-state index in [-0.39, 0.29) is 11.7 Å². The minimum absolute atomic E-state index is 0.181. The molecule has 3 N–H and O–H groups in total. The number of thiocarbonyl (C=S) groups is 1. The van der Waals surface area contributed by atoms with Crippen LogP contribution in [0.25, 0.3) is 0 Å². The number of aryl methyl sites for hydroxylation is 1. The van der Waals surface area contributed by atoms with Gasteiger partial charge in [0.1, 0.15) is 11.9 Å². The second-order valence-electron chi connectivity index (χ2n) is 5.93. The van der Waals surface area contributed by atoms with Crippen molar-refractivity contribution in [2.75, 3.05) is 11.9 Å². The topological polar surface area (TPSA) is 62.4 Å². The number of carbonyl (C=O) groups is 1. The van der Waals surface area contributed by atoms with Crippen molar-refractivity contribution in [2.24, 2.45) is 0 Å². The highest BCUT2D eigenvalue weighted by atomic mass is 79.9. The van der Waals surface area contributed by atoms with Crippen LogP contribution in [0.3, 0.4) is 0 Å². The van der Waals surface area contributed by atoms with Gasteiger partial charge in [0, 0.05) is 10.2 Å². The number of benzene rings is 2. The summed E-state index contributed by atoms with van der Waals surface area (Å²) < 4.78 is 4.56. The summed E-state index contributed by atoms with van der Waals surface area (Å²) in [5.74, 6) is 0.100. The van der Waals surface area contributed by atoms with Gasteiger partial charge in [0.25, 0.3) is 5.91 Å². The summed E-state index contributed by atoms with van der Waals surface area (Å²) >= 11 is 26.5. The molecule has 0 saturated heterocycles. The maximum absolute atomic E-state index is 12.3. The molecular formula is C19H19BrCl3N3O2S. The largest absolute Gasteiger partial charge is 0.484 e. The van der Waals surface area contributed by atoms with Crippen molar-refractivity contribution in [1.29, 1.82) is 0 Å². The first-order chi connectivity index (χ1) is 13.7. The number of hydrogen-bond acceptors (Lipinski definition) is 3. The van der Waals surface area contributed by atoms with Crippen LogP contribution in [0.4, 0.5) is 5.69 Å². The summed E-state index contributed by atoms with van der Waals surface area (Å²) in [5.41, 5.74) is 1.91. The lowest BCUT2D eigenvalue weighted by atomic mass is 10.2. The number of rotatable bonds is 7. The summed E-state index contributed by atoms with van der Waals surface area (Å²) in [6.07, 6.45) is -0.146. The van der Waals surface area contributed by atoms with Crippen LogP contribution in [0.5, 0.6) is 5.75 Å². The van der Waals surface area contributed by atoms with E-state index in [1.807, 2.05) is 36.4 Å². The van der Waals surface area contributed by atoms with Crippen LogP contribution >= 0.6 is 63.0 Å². The number of alkyl halides is 3. The normalized spacial score (nSPS) is 12.0. The number of carbonyl (C=O) groups excluding carboxylic acids is 1. The van der Waals surface area contributed by atoms with E-state index in [1.54, 1.807) is 12.1 Å². The number of nitrogens with one attached hydrogen (secondary N) is 3. The highest BCUT2D eigenvalue weighted by Crippen LogP contribution is 2.29. The van der Waals surface area contributed by atoms with Crippen molar-refractivity contribution in [3.05, 3.63) is 58.6 Å². The fourth-order valence-electron chi connectivity index (χ4n) is 2.20. The molecule has 0 aliphatic rings. The van der Waals surface area contributed by atoms with Gasteiger partial charge in [-0.1, -0.05) is 69.8 Å². The Bertz CT molecular complexity index is 830. The first kappa shape index (κ1) is 24.0. The van der Waals surface area contributed by atoms with Crippen LogP contribution in [0.1, 0.15) is 12.5 Å². The highest BCUT2D eigenvalue weighted by Gasteiger charge is 2.34. The molecular weight excluding hydrogens is 521 g/mol. The van der Waals surface area contributed by atoms with Crippen molar-refractivity contribution >= 4 is 79.7 Å². The third-order valence-electron chi connectivity index (χ3n) is 3.71. The molecule has 0 bridgehead atoms. The van der Waals surface area contributed by atoms with Gasteiger partial charge in [0.15, 0.2) is 11.7 Å². The minimum Gasteiger partial charge on any atom is -0.484 e. The standard InChI is InChI=1S/C19H19BrCl3N3O2S/c1-2-12-3-9-15(10-4-12)28-11-16(27)25-17(19(21,22)23)26-18(29)24-14-7-5-13(20)6-8-14/h3-10,17H,2,11H2,1H3,(H,25,27)(H2,24,26,29)/t17-/m1/s1. The SMILES string of the molecule is CCc1ccc(OCC(=O)N[C@H](NC(=S)Nc2ccc(Br)cc2)C(Cl)(Cl)Cl)cc1. The Hall–Kier alpha value is -1.25. The van der Waals surface area contributed by atoms with Crippen molar-refractivity contribution < 1.29 is 9.53 Å². The summed E-state index contributed by atoms with van der Waals surface area (Å²) in [6.45, 7) is 1.82. The zero-order chi connectivity index (χ0) is 21.4. The van der Waals surface area contributed by atoms with E-state index in [4.69, 9.17) is 51.8 Å². The van der Waals surface area contributed by atoms with Crippen molar-refractivity contribution in [3.63, 3.8) is 0 Å². The summed E-state index contributed by atoms with van der Waals surface area (Å²) in [7, 11) is 0. The third kappa shape index (κ3) is 8.56. The van der Waals surface area contributed by atoms with Crippen molar-refractivity contribution in [1.82, 2.24) is 10.6 Å². The van der Waals surface area contributed by atoms with E-state index >= 15 is 0 Å². The molecule has 0 saturated carbocycles. The van der Waals surface area contributed by atoms with Gasteiger partial charge in [0.2, 0.25) is 3.79 Å².